The number of hydrogen-bond acceptors (Lipinski definition) is 5. The zero-order valence-corrected chi connectivity index (χ0v) is 21.8. The van der Waals surface area contributed by atoms with E-state index in [0.29, 0.717) is 57.0 Å². The van der Waals surface area contributed by atoms with Gasteiger partial charge in [-0.1, -0.05) is 32.0 Å². The predicted molar refractivity (Wildman–Crippen MR) is 140 cm³/mol. The second-order valence-electron chi connectivity index (χ2n) is 10.0. The number of aromatic nitrogens is 2. The van der Waals surface area contributed by atoms with Crippen LogP contribution in [0, 0.1) is 18.8 Å². The molecule has 8 nitrogen and oxygen atoms in total. The molecule has 0 saturated carbocycles. The number of benzene rings is 1. The molecule has 0 radical (unpaired) electrons. The lowest BCUT2D eigenvalue weighted by Gasteiger charge is -2.34. The minimum Gasteiger partial charge on any atom is -0.379 e. The minimum absolute atomic E-state index is 0.0670. The Morgan fingerprint density at radius 1 is 1.09 bits per heavy atom. The Hall–Kier alpha value is -2.87. The third-order valence-corrected chi connectivity index (χ3v) is 6.36. The molecular weight excluding hydrogens is 444 g/mol. The van der Waals surface area contributed by atoms with Crippen LogP contribution in [0.1, 0.15) is 52.7 Å². The number of ether oxygens (including phenoxy) is 1. The first-order valence-corrected chi connectivity index (χ1v) is 12.8. The number of nitrogens with one attached hydrogen (secondary N) is 1. The fraction of sp³-hybridized carbons (Fsp3) is 0.593. The van der Waals surface area contributed by atoms with Gasteiger partial charge in [-0.25, -0.2) is 4.79 Å². The molecule has 0 bridgehead atoms. The molecule has 35 heavy (non-hydrogen) atoms. The summed E-state index contributed by atoms with van der Waals surface area (Å²) in [6, 6.07) is 9.44. The highest BCUT2D eigenvalue weighted by Crippen LogP contribution is 2.24. The van der Waals surface area contributed by atoms with Crippen LogP contribution in [0.5, 0.6) is 0 Å². The maximum Gasteiger partial charge on any atom is 0.335 e. The molecule has 1 N–H and O–H groups in total. The average molecular weight is 485 g/mol. The summed E-state index contributed by atoms with van der Waals surface area (Å²) in [6.45, 7) is 12.6. The minimum atomic E-state index is -0.313. The van der Waals surface area contributed by atoms with Gasteiger partial charge in [0.05, 0.1) is 17.5 Å². The normalized spacial score (nSPS) is 14.7. The van der Waals surface area contributed by atoms with Gasteiger partial charge in [0.15, 0.2) is 0 Å². The van der Waals surface area contributed by atoms with Crippen molar-refractivity contribution in [3.05, 3.63) is 56.9 Å². The van der Waals surface area contributed by atoms with Gasteiger partial charge < -0.3 is 15.0 Å². The second kappa shape index (κ2) is 12.2. The van der Waals surface area contributed by atoms with Crippen LogP contribution in [0.15, 0.2) is 39.9 Å². The van der Waals surface area contributed by atoms with E-state index in [9.17, 15) is 14.4 Å². The average Bonchev–Trinajstić information content (AvgIpc) is 2.82. The Labute approximate surface area is 207 Å². The van der Waals surface area contributed by atoms with Gasteiger partial charge in [-0.05, 0) is 58.1 Å². The zero-order valence-electron chi connectivity index (χ0n) is 21.8. The summed E-state index contributed by atoms with van der Waals surface area (Å²) in [4.78, 5) is 41.6. The summed E-state index contributed by atoms with van der Waals surface area (Å²) in [5, 5.41) is 3.02. The Morgan fingerprint density at radius 3 is 2.34 bits per heavy atom. The Balaban J connectivity index is 1.78. The first kappa shape index (κ1) is 26.7. The number of para-hydroxylation sites is 1. The molecule has 1 aliphatic rings. The third-order valence-electron chi connectivity index (χ3n) is 6.36. The summed E-state index contributed by atoms with van der Waals surface area (Å²) >= 11 is 0. The highest BCUT2D eigenvalue weighted by molar-refractivity contribution is 5.79. The van der Waals surface area contributed by atoms with Crippen molar-refractivity contribution in [1.29, 1.82) is 0 Å². The van der Waals surface area contributed by atoms with Crippen molar-refractivity contribution < 1.29 is 9.53 Å². The first-order valence-electron chi connectivity index (χ1n) is 12.8. The Kier molecular flexibility index (Phi) is 9.32. The molecular formula is C27H40N4O4. The number of hydrogen-bond donors (Lipinski definition) is 1. The van der Waals surface area contributed by atoms with Crippen LogP contribution in [-0.4, -0.2) is 47.4 Å². The molecule has 1 fully saturated rings. The molecule has 0 unspecified atom stereocenters. The van der Waals surface area contributed by atoms with Crippen molar-refractivity contribution in [2.24, 2.45) is 11.8 Å². The smallest absolute Gasteiger partial charge is 0.335 e. The summed E-state index contributed by atoms with van der Waals surface area (Å²) in [5.74, 6) is 0.147. The Bertz CT molecular complexity index is 1100. The second-order valence-corrected chi connectivity index (χ2v) is 10.0. The van der Waals surface area contributed by atoms with Gasteiger partial charge in [0.2, 0.25) is 5.91 Å². The molecule has 1 aliphatic heterocycles. The Morgan fingerprint density at radius 2 is 1.74 bits per heavy atom. The number of nitrogens with zero attached hydrogens (tertiary/aromatic N) is 3. The van der Waals surface area contributed by atoms with E-state index in [4.69, 9.17) is 4.74 Å². The first-order chi connectivity index (χ1) is 16.7. The molecule has 3 rings (SSSR count). The van der Waals surface area contributed by atoms with Crippen molar-refractivity contribution in [2.45, 2.75) is 66.5 Å². The maximum absolute atomic E-state index is 13.5. The van der Waals surface area contributed by atoms with Gasteiger partial charge in [-0.15, -0.1) is 0 Å². The van der Waals surface area contributed by atoms with E-state index in [1.807, 2.05) is 69.9 Å². The van der Waals surface area contributed by atoms with Crippen LogP contribution < -0.4 is 21.5 Å². The van der Waals surface area contributed by atoms with Gasteiger partial charge in [0, 0.05) is 38.7 Å². The molecule has 8 heteroatoms. The van der Waals surface area contributed by atoms with E-state index in [-0.39, 0.29) is 35.1 Å². The fourth-order valence-electron chi connectivity index (χ4n) is 4.62. The molecule has 1 saturated heterocycles. The zero-order chi connectivity index (χ0) is 25.5. The largest absolute Gasteiger partial charge is 0.379 e. The van der Waals surface area contributed by atoms with Gasteiger partial charge in [-0.2, -0.15) is 0 Å². The van der Waals surface area contributed by atoms with Gasteiger partial charge in [0.1, 0.15) is 5.69 Å². The van der Waals surface area contributed by atoms with Crippen LogP contribution in [0.4, 0.5) is 5.69 Å². The van der Waals surface area contributed by atoms with E-state index in [1.165, 1.54) is 4.57 Å². The maximum atomic E-state index is 13.5. The van der Waals surface area contributed by atoms with Crippen LogP contribution in [0.2, 0.25) is 0 Å². The predicted octanol–water partition coefficient (Wildman–Crippen LogP) is 3.11. The lowest BCUT2D eigenvalue weighted by Crippen LogP contribution is -2.48. The van der Waals surface area contributed by atoms with Crippen LogP contribution in [-0.2, 0) is 16.1 Å². The van der Waals surface area contributed by atoms with Crippen LogP contribution >= 0.6 is 0 Å². The van der Waals surface area contributed by atoms with Crippen molar-refractivity contribution >= 4 is 11.6 Å². The van der Waals surface area contributed by atoms with E-state index in [2.05, 4.69) is 5.32 Å². The van der Waals surface area contributed by atoms with Crippen LogP contribution in [0.25, 0.3) is 5.69 Å². The van der Waals surface area contributed by atoms with Gasteiger partial charge >= 0.3 is 5.69 Å². The van der Waals surface area contributed by atoms with E-state index >= 15 is 0 Å². The number of carbonyl (C=O) groups excluding carboxylic acids is 1. The molecule has 0 atom stereocenters. The SMILES string of the molecule is Cc1c(N2CCC(C(=O)NCCCOC(C)C)CC2)c(=O)n(CC(C)C)c(=O)n1-c1ccccc1. The van der Waals surface area contributed by atoms with Gasteiger partial charge in [-0.3, -0.25) is 18.7 Å². The molecule has 0 aliphatic carbocycles. The summed E-state index contributed by atoms with van der Waals surface area (Å²) in [7, 11) is 0. The van der Waals surface area contributed by atoms with Crippen molar-refractivity contribution in [2.75, 3.05) is 31.1 Å². The van der Waals surface area contributed by atoms with Gasteiger partial charge in [0.25, 0.3) is 5.56 Å². The van der Waals surface area contributed by atoms with E-state index < -0.39 is 0 Å². The molecule has 1 aromatic heterocycles. The lowest BCUT2D eigenvalue weighted by molar-refractivity contribution is -0.125. The summed E-state index contributed by atoms with van der Waals surface area (Å²) in [5.41, 5.74) is 1.37. The third kappa shape index (κ3) is 6.63. The summed E-state index contributed by atoms with van der Waals surface area (Å²) < 4.78 is 8.52. The van der Waals surface area contributed by atoms with Crippen molar-refractivity contribution in [3.8, 4) is 5.69 Å². The number of anilines is 1. The molecule has 192 valence electrons. The molecule has 2 aromatic rings. The molecule has 2 heterocycles. The van der Waals surface area contributed by atoms with E-state index in [1.54, 1.807) is 4.57 Å². The number of carbonyl (C=O) groups is 1. The van der Waals surface area contributed by atoms with E-state index in [0.717, 1.165) is 12.1 Å². The number of piperidine rings is 1. The molecule has 1 amide bonds. The highest BCUT2D eigenvalue weighted by atomic mass is 16.5. The monoisotopic (exact) mass is 484 g/mol. The number of rotatable bonds is 10. The van der Waals surface area contributed by atoms with Crippen LogP contribution in [0.3, 0.4) is 0 Å². The number of amides is 1. The highest BCUT2D eigenvalue weighted by Gasteiger charge is 2.29. The standard InChI is InChI=1S/C27H40N4O4/c1-19(2)18-30-26(33)24(21(5)31(27(30)34)23-10-7-6-8-11-23)29-15-12-22(13-16-29)25(32)28-14-9-17-35-20(3)4/h6-8,10-11,19-20,22H,9,12-18H2,1-5H3,(H,28,32). The topological polar surface area (TPSA) is 85.6 Å². The fourth-order valence-corrected chi connectivity index (χ4v) is 4.62. The molecule has 0 spiro atoms. The quantitative estimate of drug-likeness (QED) is 0.524. The van der Waals surface area contributed by atoms with Crippen molar-refractivity contribution in [1.82, 2.24) is 14.5 Å². The lowest BCUT2D eigenvalue weighted by atomic mass is 9.95. The molecule has 1 aromatic carbocycles. The summed E-state index contributed by atoms with van der Waals surface area (Å²) in [6.07, 6.45) is 2.32. The van der Waals surface area contributed by atoms with Crippen molar-refractivity contribution in [3.63, 3.8) is 0 Å².